The quantitative estimate of drug-likeness (QED) is 0.294. The number of hydrogen-bond acceptors (Lipinski definition) is 3. The summed E-state index contributed by atoms with van der Waals surface area (Å²) in [6.45, 7) is 3.83. The molecule has 0 spiro atoms. The largest absolute Gasteiger partial charge is 0.365 e. The summed E-state index contributed by atoms with van der Waals surface area (Å²) in [6, 6.07) is 22.0. The van der Waals surface area contributed by atoms with E-state index in [-0.39, 0.29) is 0 Å². The van der Waals surface area contributed by atoms with Crippen LogP contribution in [0.25, 0.3) is 11.1 Å². The van der Waals surface area contributed by atoms with Gasteiger partial charge in [-0.25, -0.2) is 4.79 Å². The minimum absolute atomic E-state index is 0.446. The lowest BCUT2D eigenvalue weighted by Crippen LogP contribution is -2.04. The molecule has 1 aliphatic carbocycles. The Labute approximate surface area is 152 Å². The van der Waals surface area contributed by atoms with E-state index in [1.165, 1.54) is 22.3 Å². The molecule has 26 heavy (non-hydrogen) atoms. The van der Waals surface area contributed by atoms with Gasteiger partial charge in [-0.3, -0.25) is 0 Å². The Balaban J connectivity index is 1.53. The maximum atomic E-state index is 12.1. The Kier molecular flexibility index (Phi) is 4.13. The van der Waals surface area contributed by atoms with E-state index in [0.29, 0.717) is 11.3 Å². The van der Waals surface area contributed by atoms with E-state index < -0.39 is 5.97 Å². The number of rotatable bonds is 3. The van der Waals surface area contributed by atoms with Crippen molar-refractivity contribution in [2.45, 2.75) is 20.3 Å². The van der Waals surface area contributed by atoms with Crippen molar-refractivity contribution in [2.24, 2.45) is 5.16 Å². The fraction of sp³-hybridized carbons (Fsp3) is 0.130. The number of benzene rings is 3. The van der Waals surface area contributed by atoms with Crippen molar-refractivity contribution in [3.63, 3.8) is 0 Å². The van der Waals surface area contributed by atoms with Crippen molar-refractivity contribution in [3.8, 4) is 11.1 Å². The predicted octanol–water partition coefficient (Wildman–Crippen LogP) is 5.15. The molecule has 0 heterocycles. The average molecular weight is 341 g/mol. The summed E-state index contributed by atoms with van der Waals surface area (Å²) in [6.07, 6.45) is 0.926. The summed E-state index contributed by atoms with van der Waals surface area (Å²) in [5.74, 6) is -0.446. The summed E-state index contributed by atoms with van der Waals surface area (Å²) in [5.41, 5.74) is 8.45. The van der Waals surface area contributed by atoms with E-state index in [9.17, 15) is 4.79 Å². The second-order valence-electron chi connectivity index (χ2n) is 6.63. The Bertz CT molecular complexity index is 1020. The first-order valence-corrected chi connectivity index (χ1v) is 8.66. The van der Waals surface area contributed by atoms with Crippen molar-refractivity contribution < 1.29 is 9.63 Å². The Morgan fingerprint density at radius 1 is 0.885 bits per heavy atom. The molecule has 0 unspecified atom stereocenters. The minimum Gasteiger partial charge on any atom is -0.313 e. The average Bonchev–Trinajstić information content (AvgIpc) is 3.04. The number of hydrogen-bond donors (Lipinski definition) is 0. The van der Waals surface area contributed by atoms with Crippen LogP contribution in [0.5, 0.6) is 0 Å². The van der Waals surface area contributed by atoms with Crippen LogP contribution in [0.1, 0.15) is 39.5 Å². The van der Waals surface area contributed by atoms with Crippen LogP contribution in [0.15, 0.2) is 71.9 Å². The number of nitrogens with zero attached hydrogens (tertiary/aromatic N) is 1. The van der Waals surface area contributed by atoms with E-state index in [0.717, 1.165) is 17.5 Å². The standard InChI is InChI=1S/C23H19NO2/c1-15-7-9-17(10-8-15)23(25)26-24-16(2)18-11-12-22-20(13-18)14-19-5-3-4-6-21(19)22/h3-13H,14H2,1-2H3. The van der Waals surface area contributed by atoms with Gasteiger partial charge in [-0.05, 0) is 66.3 Å². The van der Waals surface area contributed by atoms with Gasteiger partial charge in [-0.1, -0.05) is 59.3 Å². The topological polar surface area (TPSA) is 38.7 Å². The third kappa shape index (κ3) is 3.04. The Morgan fingerprint density at radius 3 is 2.38 bits per heavy atom. The molecule has 0 aliphatic heterocycles. The molecule has 128 valence electrons. The van der Waals surface area contributed by atoms with Gasteiger partial charge in [0.05, 0.1) is 11.3 Å². The van der Waals surface area contributed by atoms with Gasteiger partial charge in [0.1, 0.15) is 0 Å². The van der Waals surface area contributed by atoms with Crippen molar-refractivity contribution >= 4 is 11.7 Å². The zero-order valence-corrected chi connectivity index (χ0v) is 14.8. The van der Waals surface area contributed by atoms with E-state index in [1.807, 2.05) is 32.0 Å². The lowest BCUT2D eigenvalue weighted by Gasteiger charge is -2.05. The van der Waals surface area contributed by atoms with Crippen molar-refractivity contribution in [3.05, 3.63) is 94.5 Å². The lowest BCUT2D eigenvalue weighted by atomic mass is 10.0. The van der Waals surface area contributed by atoms with Gasteiger partial charge in [-0.15, -0.1) is 0 Å². The number of carbonyl (C=O) groups is 1. The summed E-state index contributed by atoms with van der Waals surface area (Å²) >= 11 is 0. The van der Waals surface area contributed by atoms with Gasteiger partial charge >= 0.3 is 5.97 Å². The monoisotopic (exact) mass is 341 g/mol. The SMILES string of the molecule is CC(=NOC(=O)c1ccc(C)cc1)c1ccc2c(c1)Cc1ccccc1-2. The van der Waals surface area contributed by atoms with E-state index in [4.69, 9.17) is 4.84 Å². The molecule has 3 aromatic rings. The molecule has 1 aliphatic rings. The van der Waals surface area contributed by atoms with Crippen LogP contribution in [-0.4, -0.2) is 11.7 Å². The zero-order valence-electron chi connectivity index (χ0n) is 14.8. The highest BCUT2D eigenvalue weighted by atomic mass is 16.7. The summed E-state index contributed by atoms with van der Waals surface area (Å²) in [4.78, 5) is 17.2. The third-order valence-corrected chi connectivity index (χ3v) is 4.76. The van der Waals surface area contributed by atoms with Crippen LogP contribution in [-0.2, 0) is 11.3 Å². The predicted molar refractivity (Wildman–Crippen MR) is 103 cm³/mol. The molecule has 0 saturated carbocycles. The first-order chi connectivity index (χ1) is 12.6. The zero-order chi connectivity index (χ0) is 18.1. The maximum Gasteiger partial charge on any atom is 0.365 e. The molecule has 0 atom stereocenters. The van der Waals surface area contributed by atoms with Gasteiger partial charge in [0.2, 0.25) is 0 Å². The second kappa shape index (κ2) is 6.60. The van der Waals surface area contributed by atoms with Crippen LogP contribution >= 0.6 is 0 Å². The summed E-state index contributed by atoms with van der Waals surface area (Å²) < 4.78 is 0. The number of aryl methyl sites for hydroxylation is 1. The highest BCUT2D eigenvalue weighted by molar-refractivity contribution is 6.00. The molecule has 0 radical (unpaired) electrons. The van der Waals surface area contributed by atoms with Gasteiger partial charge in [0.25, 0.3) is 0 Å². The van der Waals surface area contributed by atoms with Gasteiger partial charge < -0.3 is 4.84 Å². The lowest BCUT2D eigenvalue weighted by molar-refractivity contribution is 0.0516. The number of oxime groups is 1. The maximum absolute atomic E-state index is 12.1. The first kappa shape index (κ1) is 16.3. The van der Waals surface area contributed by atoms with Crippen LogP contribution in [0.3, 0.4) is 0 Å². The number of fused-ring (bicyclic) bond motifs is 3. The van der Waals surface area contributed by atoms with Crippen molar-refractivity contribution in [1.82, 2.24) is 0 Å². The van der Waals surface area contributed by atoms with Crippen molar-refractivity contribution in [1.29, 1.82) is 0 Å². The molecular formula is C23H19NO2. The molecule has 0 aromatic heterocycles. The Hall–Kier alpha value is -3.20. The highest BCUT2D eigenvalue weighted by Gasteiger charge is 2.18. The van der Waals surface area contributed by atoms with Crippen LogP contribution in [0.2, 0.25) is 0 Å². The molecule has 0 saturated heterocycles. The van der Waals surface area contributed by atoms with E-state index in [1.54, 1.807) is 12.1 Å². The summed E-state index contributed by atoms with van der Waals surface area (Å²) in [5, 5.41) is 4.03. The molecule has 3 aromatic carbocycles. The molecule has 3 heteroatoms. The molecular weight excluding hydrogens is 322 g/mol. The number of carbonyl (C=O) groups excluding carboxylic acids is 1. The molecule has 0 N–H and O–H groups in total. The second-order valence-corrected chi connectivity index (χ2v) is 6.63. The fourth-order valence-corrected chi connectivity index (χ4v) is 3.28. The summed E-state index contributed by atoms with van der Waals surface area (Å²) in [7, 11) is 0. The fourth-order valence-electron chi connectivity index (χ4n) is 3.28. The van der Waals surface area contributed by atoms with Crippen LogP contribution in [0, 0.1) is 6.92 Å². The third-order valence-electron chi connectivity index (χ3n) is 4.76. The normalized spacial score (nSPS) is 12.5. The van der Waals surface area contributed by atoms with Gasteiger partial charge in [0.15, 0.2) is 0 Å². The van der Waals surface area contributed by atoms with Gasteiger partial charge in [0, 0.05) is 0 Å². The molecule has 4 rings (SSSR count). The minimum atomic E-state index is -0.446. The smallest absolute Gasteiger partial charge is 0.313 e. The van der Waals surface area contributed by atoms with Gasteiger partial charge in [-0.2, -0.15) is 0 Å². The molecule has 0 fully saturated rings. The van der Waals surface area contributed by atoms with Crippen molar-refractivity contribution in [2.75, 3.05) is 0 Å². The molecule has 0 bridgehead atoms. The molecule has 0 amide bonds. The Morgan fingerprint density at radius 2 is 1.58 bits per heavy atom. The first-order valence-electron chi connectivity index (χ1n) is 8.66. The highest BCUT2D eigenvalue weighted by Crippen LogP contribution is 2.36. The van der Waals surface area contributed by atoms with Crippen LogP contribution in [0.4, 0.5) is 0 Å². The van der Waals surface area contributed by atoms with E-state index >= 15 is 0 Å². The van der Waals surface area contributed by atoms with Crippen LogP contribution < -0.4 is 0 Å². The van der Waals surface area contributed by atoms with E-state index in [2.05, 4.69) is 41.6 Å². The molecule has 3 nitrogen and oxygen atoms in total.